The average molecular weight is 423 g/mol. The molecule has 2 aromatic carbocycles. The second-order valence-corrected chi connectivity index (χ2v) is 8.67. The highest BCUT2D eigenvalue weighted by Crippen LogP contribution is 2.44. The van der Waals surface area contributed by atoms with Crippen molar-refractivity contribution in [3.05, 3.63) is 75.7 Å². The maximum absolute atomic E-state index is 12.7. The second-order valence-electron chi connectivity index (χ2n) is 7.60. The van der Waals surface area contributed by atoms with Gasteiger partial charge in [0.1, 0.15) is 6.61 Å². The van der Waals surface area contributed by atoms with Crippen LogP contribution in [-0.4, -0.2) is 28.8 Å². The minimum absolute atomic E-state index is 0.0598. The van der Waals surface area contributed by atoms with Crippen molar-refractivity contribution in [1.29, 1.82) is 0 Å². The molecule has 1 aliphatic rings. The maximum atomic E-state index is 12.7. The smallest absolute Gasteiger partial charge is 0.407 e. The van der Waals surface area contributed by atoms with E-state index < -0.39 is 17.6 Å². The number of carboxylic acid groups (broad SMARTS) is 1. The molecule has 4 rings (SSSR count). The number of fused-ring (bicyclic) bond motifs is 3. The van der Waals surface area contributed by atoms with Crippen LogP contribution in [0.3, 0.4) is 0 Å². The van der Waals surface area contributed by atoms with Crippen molar-refractivity contribution < 1.29 is 19.4 Å². The SMILES string of the molecule is Cc1nc(C(C)(CC(=O)O)NC(=O)OCC2c3ccccc3-c3ccccc32)cs1. The van der Waals surface area contributed by atoms with Gasteiger partial charge in [-0.1, -0.05) is 48.5 Å². The summed E-state index contributed by atoms with van der Waals surface area (Å²) in [7, 11) is 0. The van der Waals surface area contributed by atoms with E-state index in [1.54, 1.807) is 12.3 Å². The van der Waals surface area contributed by atoms with Crippen molar-refractivity contribution in [2.75, 3.05) is 6.61 Å². The third kappa shape index (κ3) is 3.80. The molecule has 1 aromatic heterocycles. The topological polar surface area (TPSA) is 88.5 Å². The number of thiazole rings is 1. The highest BCUT2D eigenvalue weighted by Gasteiger charge is 2.35. The van der Waals surface area contributed by atoms with Gasteiger partial charge in [-0.25, -0.2) is 9.78 Å². The monoisotopic (exact) mass is 422 g/mol. The number of benzene rings is 2. The van der Waals surface area contributed by atoms with Crippen molar-refractivity contribution in [1.82, 2.24) is 10.3 Å². The number of nitrogens with zero attached hydrogens (tertiary/aromatic N) is 1. The Morgan fingerprint density at radius 2 is 1.73 bits per heavy atom. The van der Waals surface area contributed by atoms with E-state index in [1.807, 2.05) is 43.3 Å². The van der Waals surface area contributed by atoms with Crippen LogP contribution in [0, 0.1) is 6.92 Å². The standard InChI is InChI=1S/C23H22N2O4S/c1-14-24-20(13-30-14)23(2,11-21(26)27)25-22(28)29-12-19-17-9-5-3-7-15(17)16-8-4-6-10-18(16)19/h3-10,13,19H,11-12H2,1-2H3,(H,25,28)(H,26,27). The predicted octanol–water partition coefficient (Wildman–Crippen LogP) is 4.68. The lowest BCUT2D eigenvalue weighted by atomic mass is 9.94. The number of alkyl carbamates (subject to hydrolysis) is 1. The fourth-order valence-corrected chi connectivity index (χ4v) is 4.72. The summed E-state index contributed by atoms with van der Waals surface area (Å²) < 4.78 is 5.58. The molecule has 0 fully saturated rings. The molecule has 1 amide bonds. The van der Waals surface area contributed by atoms with Crippen LogP contribution in [0.1, 0.15) is 41.1 Å². The van der Waals surface area contributed by atoms with E-state index in [0.717, 1.165) is 27.3 Å². The van der Waals surface area contributed by atoms with Gasteiger partial charge in [0.05, 0.1) is 22.7 Å². The number of carbonyl (C=O) groups is 2. The van der Waals surface area contributed by atoms with Gasteiger partial charge in [-0.2, -0.15) is 0 Å². The number of aromatic nitrogens is 1. The fourth-order valence-electron chi connectivity index (χ4n) is 3.98. The Morgan fingerprint density at radius 3 is 2.27 bits per heavy atom. The molecule has 154 valence electrons. The Labute approximate surface area is 178 Å². The van der Waals surface area contributed by atoms with E-state index >= 15 is 0 Å². The molecule has 6 nitrogen and oxygen atoms in total. The molecular formula is C23H22N2O4S. The third-order valence-corrected chi connectivity index (χ3v) is 6.18. The number of carboxylic acids is 1. The van der Waals surface area contributed by atoms with Crippen molar-refractivity contribution in [3.8, 4) is 11.1 Å². The van der Waals surface area contributed by atoms with Gasteiger partial charge in [0.2, 0.25) is 0 Å². The lowest BCUT2D eigenvalue weighted by Crippen LogP contribution is -2.45. The Morgan fingerprint density at radius 1 is 1.13 bits per heavy atom. The lowest BCUT2D eigenvalue weighted by Gasteiger charge is -2.27. The molecule has 1 heterocycles. The molecule has 0 aliphatic heterocycles. The number of amides is 1. The van der Waals surface area contributed by atoms with Crippen LogP contribution >= 0.6 is 11.3 Å². The predicted molar refractivity (Wildman–Crippen MR) is 115 cm³/mol. The van der Waals surface area contributed by atoms with Crippen molar-refractivity contribution in [2.45, 2.75) is 31.7 Å². The van der Waals surface area contributed by atoms with Crippen LogP contribution in [-0.2, 0) is 15.1 Å². The van der Waals surface area contributed by atoms with Crippen LogP contribution in [0.25, 0.3) is 11.1 Å². The molecule has 3 aromatic rings. The van der Waals surface area contributed by atoms with Gasteiger partial charge in [0, 0.05) is 11.3 Å². The van der Waals surface area contributed by atoms with E-state index in [2.05, 4.69) is 22.4 Å². The van der Waals surface area contributed by atoms with Crippen LogP contribution < -0.4 is 5.32 Å². The van der Waals surface area contributed by atoms with Crippen LogP contribution in [0.2, 0.25) is 0 Å². The van der Waals surface area contributed by atoms with Gasteiger partial charge >= 0.3 is 12.1 Å². The van der Waals surface area contributed by atoms with Crippen molar-refractivity contribution >= 4 is 23.4 Å². The van der Waals surface area contributed by atoms with Crippen LogP contribution in [0.4, 0.5) is 4.79 Å². The van der Waals surface area contributed by atoms with Gasteiger partial charge in [-0.3, -0.25) is 4.79 Å². The number of rotatable bonds is 6. The number of aliphatic carboxylic acids is 1. The number of aryl methyl sites for hydroxylation is 1. The van der Waals surface area contributed by atoms with E-state index in [-0.39, 0.29) is 18.9 Å². The van der Waals surface area contributed by atoms with Gasteiger partial charge < -0.3 is 15.2 Å². The van der Waals surface area contributed by atoms with Gasteiger partial charge in [-0.05, 0) is 36.1 Å². The summed E-state index contributed by atoms with van der Waals surface area (Å²) >= 11 is 1.41. The molecule has 1 unspecified atom stereocenters. The van der Waals surface area contributed by atoms with Crippen molar-refractivity contribution in [3.63, 3.8) is 0 Å². The Hall–Kier alpha value is -3.19. The minimum Gasteiger partial charge on any atom is -0.481 e. The van der Waals surface area contributed by atoms with E-state index in [0.29, 0.717) is 5.69 Å². The fraction of sp³-hybridized carbons (Fsp3) is 0.261. The number of nitrogens with one attached hydrogen (secondary N) is 1. The molecule has 30 heavy (non-hydrogen) atoms. The quantitative estimate of drug-likeness (QED) is 0.602. The zero-order valence-corrected chi connectivity index (χ0v) is 17.5. The van der Waals surface area contributed by atoms with Gasteiger partial charge in [0.25, 0.3) is 0 Å². The minimum atomic E-state index is -1.15. The maximum Gasteiger partial charge on any atom is 0.407 e. The molecule has 0 saturated heterocycles. The molecule has 0 bridgehead atoms. The summed E-state index contributed by atoms with van der Waals surface area (Å²) in [5, 5.41) is 14.6. The zero-order valence-electron chi connectivity index (χ0n) is 16.7. The van der Waals surface area contributed by atoms with E-state index in [4.69, 9.17) is 4.74 Å². The van der Waals surface area contributed by atoms with Crippen molar-refractivity contribution in [2.24, 2.45) is 0 Å². The molecule has 0 saturated carbocycles. The number of hydrogen-bond donors (Lipinski definition) is 2. The first-order valence-electron chi connectivity index (χ1n) is 9.65. The summed E-state index contributed by atoms with van der Waals surface area (Å²) in [6.07, 6.45) is -0.952. The molecule has 0 radical (unpaired) electrons. The zero-order chi connectivity index (χ0) is 21.3. The molecule has 0 spiro atoms. The second kappa shape index (κ2) is 7.91. The Kier molecular flexibility index (Phi) is 5.30. The molecule has 1 aliphatic carbocycles. The number of ether oxygens (including phenoxy) is 1. The normalized spacial score (nSPS) is 14.5. The highest BCUT2D eigenvalue weighted by molar-refractivity contribution is 7.09. The largest absolute Gasteiger partial charge is 0.481 e. The molecular weight excluding hydrogens is 400 g/mol. The third-order valence-electron chi connectivity index (χ3n) is 5.41. The average Bonchev–Trinajstić information content (AvgIpc) is 3.28. The first kappa shape index (κ1) is 20.1. The number of hydrogen-bond acceptors (Lipinski definition) is 5. The molecule has 2 N–H and O–H groups in total. The van der Waals surface area contributed by atoms with E-state index in [1.165, 1.54) is 11.3 Å². The summed E-state index contributed by atoms with van der Waals surface area (Å²) in [5.74, 6) is -1.09. The molecule has 1 atom stereocenters. The Balaban J connectivity index is 1.51. The summed E-state index contributed by atoms with van der Waals surface area (Å²) in [5.41, 5.74) is 3.90. The van der Waals surface area contributed by atoms with Gasteiger partial charge in [0.15, 0.2) is 0 Å². The van der Waals surface area contributed by atoms with Crippen LogP contribution in [0.15, 0.2) is 53.9 Å². The summed E-state index contributed by atoms with van der Waals surface area (Å²) in [6, 6.07) is 16.2. The van der Waals surface area contributed by atoms with Gasteiger partial charge in [-0.15, -0.1) is 11.3 Å². The Bertz CT molecular complexity index is 1060. The van der Waals surface area contributed by atoms with E-state index in [9.17, 15) is 14.7 Å². The lowest BCUT2D eigenvalue weighted by molar-refractivity contribution is -0.138. The summed E-state index contributed by atoms with van der Waals surface area (Å²) in [6.45, 7) is 3.65. The van der Waals surface area contributed by atoms with Crippen LogP contribution in [0.5, 0.6) is 0 Å². The first-order valence-corrected chi connectivity index (χ1v) is 10.5. The molecule has 7 heteroatoms. The first-order chi connectivity index (χ1) is 14.4. The summed E-state index contributed by atoms with van der Waals surface area (Å²) in [4.78, 5) is 28.4. The highest BCUT2D eigenvalue weighted by atomic mass is 32.1. The number of carbonyl (C=O) groups excluding carboxylic acids is 1.